The lowest BCUT2D eigenvalue weighted by atomic mass is 10.0. The van der Waals surface area contributed by atoms with Gasteiger partial charge in [0.15, 0.2) is 11.6 Å². The zero-order valence-corrected chi connectivity index (χ0v) is 10.6. The summed E-state index contributed by atoms with van der Waals surface area (Å²) < 4.78 is 18.3. The van der Waals surface area contributed by atoms with E-state index >= 15 is 0 Å². The molecule has 1 aliphatic rings. The normalized spacial score (nSPS) is 20.1. The second-order valence-corrected chi connectivity index (χ2v) is 4.29. The Morgan fingerprint density at radius 1 is 1.50 bits per heavy atom. The van der Waals surface area contributed by atoms with Crippen LogP contribution in [-0.4, -0.2) is 32.7 Å². The third kappa shape index (κ3) is 2.31. The number of likely N-dealkylation sites (N-methyl/N-ethyl adjacent to an activating group) is 1. The number of hydrogen-bond acceptors (Lipinski definition) is 3. The van der Waals surface area contributed by atoms with Gasteiger partial charge in [0.1, 0.15) is 0 Å². The second-order valence-electron chi connectivity index (χ2n) is 4.29. The van der Waals surface area contributed by atoms with Crippen molar-refractivity contribution in [3.63, 3.8) is 0 Å². The van der Waals surface area contributed by atoms with Crippen molar-refractivity contribution in [3.05, 3.63) is 24.0 Å². The zero-order chi connectivity index (χ0) is 13.1. The van der Waals surface area contributed by atoms with E-state index in [1.807, 2.05) is 0 Å². The predicted molar refractivity (Wildman–Crippen MR) is 67.4 cm³/mol. The summed E-state index contributed by atoms with van der Waals surface area (Å²) in [5.74, 6) is -0.236. The number of carbonyl (C=O) groups is 1. The highest BCUT2D eigenvalue weighted by molar-refractivity contribution is 5.98. The number of carbonyl (C=O) groups excluding carboxylic acids is 1. The summed E-state index contributed by atoms with van der Waals surface area (Å²) in [4.78, 5) is 13.8. The lowest BCUT2D eigenvalue weighted by molar-refractivity contribution is -0.121. The molecule has 2 rings (SSSR count). The molecule has 18 heavy (non-hydrogen) atoms. The summed E-state index contributed by atoms with van der Waals surface area (Å²) in [6.07, 6.45) is 1.76. The monoisotopic (exact) mass is 252 g/mol. The van der Waals surface area contributed by atoms with E-state index in [0.29, 0.717) is 12.2 Å². The first-order valence-corrected chi connectivity index (χ1v) is 5.99. The molecule has 1 aliphatic heterocycles. The fraction of sp³-hybridized carbons (Fsp3) is 0.462. The van der Waals surface area contributed by atoms with Gasteiger partial charge in [0.05, 0.1) is 13.2 Å². The van der Waals surface area contributed by atoms with Gasteiger partial charge >= 0.3 is 0 Å². The van der Waals surface area contributed by atoms with Crippen LogP contribution in [0.5, 0.6) is 5.75 Å². The summed E-state index contributed by atoms with van der Waals surface area (Å²) in [6, 6.07) is 4.33. The third-order valence-electron chi connectivity index (χ3n) is 3.23. The maximum absolute atomic E-state index is 13.3. The molecule has 1 heterocycles. The van der Waals surface area contributed by atoms with Gasteiger partial charge in [-0.05, 0) is 32.0 Å². The van der Waals surface area contributed by atoms with Crippen LogP contribution in [0.3, 0.4) is 0 Å². The number of nitrogens with zero attached hydrogens (tertiary/aromatic N) is 1. The molecule has 0 saturated carbocycles. The summed E-state index contributed by atoms with van der Waals surface area (Å²) in [5.41, 5.74) is 0.679. The van der Waals surface area contributed by atoms with Gasteiger partial charge in [0, 0.05) is 18.3 Å². The van der Waals surface area contributed by atoms with Crippen LogP contribution in [0.2, 0.25) is 0 Å². The van der Waals surface area contributed by atoms with Crippen molar-refractivity contribution in [1.29, 1.82) is 0 Å². The Bertz CT molecular complexity index is 451. The van der Waals surface area contributed by atoms with E-state index in [-0.39, 0.29) is 17.7 Å². The number of rotatable bonds is 3. The number of benzene rings is 1. The van der Waals surface area contributed by atoms with E-state index in [1.165, 1.54) is 13.2 Å². The van der Waals surface area contributed by atoms with Crippen LogP contribution < -0.4 is 15.0 Å². The Morgan fingerprint density at radius 2 is 2.28 bits per heavy atom. The first-order chi connectivity index (χ1) is 8.67. The van der Waals surface area contributed by atoms with Crippen LogP contribution in [0.25, 0.3) is 0 Å². The Balaban J connectivity index is 2.27. The van der Waals surface area contributed by atoms with Crippen LogP contribution in [0, 0.1) is 5.82 Å². The van der Waals surface area contributed by atoms with E-state index in [4.69, 9.17) is 4.74 Å². The molecule has 1 atom stereocenters. The zero-order valence-electron chi connectivity index (χ0n) is 10.6. The lowest BCUT2D eigenvalue weighted by Crippen LogP contribution is -2.49. The first kappa shape index (κ1) is 12.8. The van der Waals surface area contributed by atoms with Crippen LogP contribution in [-0.2, 0) is 4.79 Å². The molecule has 1 fully saturated rings. The molecule has 0 spiro atoms. The summed E-state index contributed by atoms with van der Waals surface area (Å²) in [7, 11) is 3.19. The molecule has 1 aromatic rings. The molecular formula is C13H17FN2O2. The highest BCUT2D eigenvalue weighted by Crippen LogP contribution is 2.27. The molecule has 1 N–H and O–H groups in total. The van der Waals surface area contributed by atoms with E-state index in [0.717, 1.165) is 12.8 Å². The van der Waals surface area contributed by atoms with E-state index in [9.17, 15) is 9.18 Å². The van der Waals surface area contributed by atoms with Crippen molar-refractivity contribution >= 4 is 11.6 Å². The highest BCUT2D eigenvalue weighted by atomic mass is 19.1. The number of methoxy groups -OCH3 is 1. The van der Waals surface area contributed by atoms with Crippen LogP contribution >= 0.6 is 0 Å². The predicted octanol–water partition coefficient (Wildman–Crippen LogP) is 1.55. The third-order valence-corrected chi connectivity index (χ3v) is 3.23. The number of piperidine rings is 1. The highest BCUT2D eigenvalue weighted by Gasteiger charge is 2.28. The van der Waals surface area contributed by atoms with Gasteiger partial charge in [-0.2, -0.15) is 0 Å². The minimum atomic E-state index is -0.420. The van der Waals surface area contributed by atoms with Crippen molar-refractivity contribution in [2.45, 2.75) is 18.9 Å². The minimum Gasteiger partial charge on any atom is -0.494 e. The van der Waals surface area contributed by atoms with Gasteiger partial charge < -0.3 is 15.0 Å². The summed E-state index contributed by atoms with van der Waals surface area (Å²) in [6.45, 7) is 0.659. The Hall–Kier alpha value is -1.62. The smallest absolute Gasteiger partial charge is 0.244 e. The fourth-order valence-corrected chi connectivity index (χ4v) is 2.22. The molecule has 98 valence electrons. The van der Waals surface area contributed by atoms with E-state index in [1.54, 1.807) is 24.1 Å². The van der Waals surface area contributed by atoms with Gasteiger partial charge in [-0.1, -0.05) is 0 Å². The largest absolute Gasteiger partial charge is 0.494 e. The van der Waals surface area contributed by atoms with Gasteiger partial charge in [0.25, 0.3) is 0 Å². The standard InChI is InChI=1S/C13H17FN2O2/c1-15-11-4-3-7-16(13(11)17)9-5-6-10(14)12(8-9)18-2/h5-6,8,11,15H,3-4,7H2,1-2H3. The topological polar surface area (TPSA) is 41.6 Å². The molecule has 5 heteroatoms. The molecule has 0 radical (unpaired) electrons. The van der Waals surface area contributed by atoms with Crippen LogP contribution in [0.4, 0.5) is 10.1 Å². The summed E-state index contributed by atoms with van der Waals surface area (Å²) >= 11 is 0. The van der Waals surface area contributed by atoms with Gasteiger partial charge in [-0.25, -0.2) is 4.39 Å². The maximum Gasteiger partial charge on any atom is 0.244 e. The molecule has 1 aromatic carbocycles. The number of ether oxygens (including phenoxy) is 1. The fourth-order valence-electron chi connectivity index (χ4n) is 2.22. The van der Waals surface area contributed by atoms with Gasteiger partial charge in [-0.15, -0.1) is 0 Å². The Morgan fingerprint density at radius 3 is 2.94 bits per heavy atom. The SMILES string of the molecule is CNC1CCCN(c2ccc(F)c(OC)c2)C1=O. The molecule has 0 aromatic heterocycles. The number of hydrogen-bond donors (Lipinski definition) is 1. The van der Waals surface area contributed by atoms with Crippen molar-refractivity contribution in [2.75, 3.05) is 25.6 Å². The Labute approximate surface area is 106 Å². The molecule has 1 unspecified atom stereocenters. The molecule has 0 bridgehead atoms. The van der Waals surface area contributed by atoms with Gasteiger partial charge in [0.2, 0.25) is 5.91 Å². The average Bonchev–Trinajstić information content (AvgIpc) is 2.40. The number of amides is 1. The number of halogens is 1. The van der Waals surface area contributed by atoms with Crippen molar-refractivity contribution in [1.82, 2.24) is 5.32 Å². The minimum absolute atomic E-state index is 0.0254. The van der Waals surface area contributed by atoms with Crippen molar-refractivity contribution in [2.24, 2.45) is 0 Å². The number of anilines is 1. The average molecular weight is 252 g/mol. The van der Waals surface area contributed by atoms with Crippen molar-refractivity contribution < 1.29 is 13.9 Å². The maximum atomic E-state index is 13.3. The first-order valence-electron chi connectivity index (χ1n) is 5.99. The molecular weight excluding hydrogens is 235 g/mol. The molecule has 4 nitrogen and oxygen atoms in total. The lowest BCUT2D eigenvalue weighted by Gasteiger charge is -2.32. The Kier molecular flexibility index (Phi) is 3.81. The van der Waals surface area contributed by atoms with Crippen LogP contribution in [0.15, 0.2) is 18.2 Å². The van der Waals surface area contributed by atoms with Gasteiger partial charge in [-0.3, -0.25) is 4.79 Å². The molecule has 0 aliphatic carbocycles. The summed E-state index contributed by atoms with van der Waals surface area (Å²) in [5, 5.41) is 3.00. The molecule has 1 saturated heterocycles. The van der Waals surface area contributed by atoms with E-state index in [2.05, 4.69) is 5.32 Å². The molecule has 1 amide bonds. The second kappa shape index (κ2) is 5.35. The quantitative estimate of drug-likeness (QED) is 0.887. The van der Waals surface area contributed by atoms with Crippen molar-refractivity contribution in [3.8, 4) is 5.75 Å². The number of nitrogens with one attached hydrogen (secondary N) is 1. The van der Waals surface area contributed by atoms with E-state index < -0.39 is 5.82 Å². The van der Waals surface area contributed by atoms with Crippen LogP contribution in [0.1, 0.15) is 12.8 Å².